The van der Waals surface area contributed by atoms with Gasteiger partial charge in [-0.25, -0.2) is 0 Å². The van der Waals surface area contributed by atoms with Crippen LogP contribution in [-0.4, -0.2) is 24.4 Å². The molecule has 0 saturated heterocycles. The lowest BCUT2D eigenvalue weighted by atomic mass is 10.2. The first-order valence-electron chi connectivity index (χ1n) is 5.27. The lowest BCUT2D eigenvalue weighted by Gasteiger charge is -2.13. The summed E-state index contributed by atoms with van der Waals surface area (Å²) in [6, 6.07) is 5.59. The molecule has 0 atom stereocenters. The minimum atomic E-state index is -0.0280. The van der Waals surface area contributed by atoms with E-state index in [1.807, 2.05) is 32.0 Å². The monoisotopic (exact) mass is 288 g/mol. The highest BCUT2D eigenvalue weighted by atomic mass is 79.9. The smallest absolute Gasteiger partial charge is 0.139 e. The van der Waals surface area contributed by atoms with E-state index in [0.717, 1.165) is 10.0 Å². The lowest BCUT2D eigenvalue weighted by Crippen LogP contribution is -2.12. The summed E-state index contributed by atoms with van der Waals surface area (Å²) in [5.74, 6) is 0.692. The number of halogens is 1. The van der Waals surface area contributed by atoms with E-state index in [-0.39, 0.29) is 12.7 Å². The maximum atomic E-state index is 9.16. The topological polar surface area (TPSA) is 38.7 Å². The first-order valence-corrected chi connectivity index (χ1v) is 6.07. The third-order valence-electron chi connectivity index (χ3n) is 2.00. The zero-order valence-corrected chi connectivity index (χ0v) is 11.2. The second kappa shape index (κ2) is 6.89. The van der Waals surface area contributed by atoms with Gasteiger partial charge < -0.3 is 14.6 Å². The molecule has 16 heavy (non-hydrogen) atoms. The summed E-state index contributed by atoms with van der Waals surface area (Å²) in [7, 11) is 0. The molecule has 0 unspecified atom stereocenters. The molecule has 0 heterocycles. The molecule has 0 aliphatic heterocycles. The zero-order chi connectivity index (χ0) is 12.0. The third-order valence-corrected chi connectivity index (χ3v) is 2.62. The number of aliphatic hydroxyl groups is 1. The number of hydrogen-bond donors (Lipinski definition) is 1. The van der Waals surface area contributed by atoms with Gasteiger partial charge in [-0.3, -0.25) is 0 Å². The van der Waals surface area contributed by atoms with Crippen molar-refractivity contribution < 1.29 is 14.6 Å². The van der Waals surface area contributed by atoms with Gasteiger partial charge in [-0.2, -0.15) is 0 Å². The van der Waals surface area contributed by atoms with Crippen molar-refractivity contribution >= 4 is 15.9 Å². The van der Waals surface area contributed by atoms with E-state index in [0.29, 0.717) is 19.0 Å². The molecule has 0 saturated carbocycles. The average Bonchev–Trinajstić information content (AvgIpc) is 2.25. The van der Waals surface area contributed by atoms with Gasteiger partial charge in [0.1, 0.15) is 12.4 Å². The van der Waals surface area contributed by atoms with Crippen LogP contribution in [0.3, 0.4) is 0 Å². The van der Waals surface area contributed by atoms with Crippen molar-refractivity contribution in [3.8, 4) is 5.75 Å². The molecular weight excluding hydrogens is 272 g/mol. The number of aliphatic hydroxyl groups excluding tert-OH is 1. The molecule has 0 radical (unpaired) electrons. The summed E-state index contributed by atoms with van der Waals surface area (Å²) in [4.78, 5) is 0. The number of ether oxygens (including phenoxy) is 2. The summed E-state index contributed by atoms with van der Waals surface area (Å²) >= 11 is 3.39. The molecule has 0 aromatic heterocycles. The van der Waals surface area contributed by atoms with Crippen LogP contribution in [-0.2, 0) is 11.3 Å². The molecule has 0 spiro atoms. The Labute approximate surface area is 105 Å². The molecule has 0 aliphatic carbocycles. The van der Waals surface area contributed by atoms with Crippen LogP contribution in [0, 0.1) is 0 Å². The number of para-hydroxylation sites is 1. The van der Waals surface area contributed by atoms with Crippen LogP contribution in [0.2, 0.25) is 0 Å². The molecule has 0 bridgehead atoms. The van der Waals surface area contributed by atoms with Gasteiger partial charge in [-0.05, 0) is 35.8 Å². The summed E-state index contributed by atoms with van der Waals surface area (Å²) in [5, 5.41) is 9.16. The Morgan fingerprint density at radius 3 is 2.69 bits per heavy atom. The van der Waals surface area contributed by atoms with E-state index < -0.39 is 0 Å². The van der Waals surface area contributed by atoms with Crippen LogP contribution in [0.25, 0.3) is 0 Å². The second-order valence-electron chi connectivity index (χ2n) is 3.65. The number of benzene rings is 1. The van der Waals surface area contributed by atoms with E-state index in [1.54, 1.807) is 0 Å². The molecule has 90 valence electrons. The Balaban J connectivity index is 2.52. The zero-order valence-electron chi connectivity index (χ0n) is 9.57. The predicted molar refractivity (Wildman–Crippen MR) is 66.6 cm³/mol. The molecule has 0 aliphatic rings. The largest absolute Gasteiger partial charge is 0.490 e. The Bertz CT molecular complexity index is 326. The number of rotatable bonds is 6. The molecule has 4 heteroatoms. The lowest BCUT2D eigenvalue weighted by molar-refractivity contribution is 0.0546. The van der Waals surface area contributed by atoms with E-state index in [2.05, 4.69) is 15.9 Å². The van der Waals surface area contributed by atoms with Crippen LogP contribution >= 0.6 is 15.9 Å². The van der Waals surface area contributed by atoms with Gasteiger partial charge in [0.05, 0.1) is 23.8 Å². The molecule has 0 amide bonds. The molecule has 1 aromatic carbocycles. The van der Waals surface area contributed by atoms with E-state index in [4.69, 9.17) is 14.6 Å². The van der Waals surface area contributed by atoms with Crippen molar-refractivity contribution in [2.75, 3.05) is 13.2 Å². The van der Waals surface area contributed by atoms with Crippen LogP contribution in [0.5, 0.6) is 5.75 Å². The molecular formula is C12H17BrO3. The van der Waals surface area contributed by atoms with Crippen molar-refractivity contribution in [3.63, 3.8) is 0 Å². The van der Waals surface area contributed by atoms with Crippen molar-refractivity contribution in [2.24, 2.45) is 0 Å². The van der Waals surface area contributed by atoms with Gasteiger partial charge in [-0.15, -0.1) is 0 Å². The van der Waals surface area contributed by atoms with E-state index in [9.17, 15) is 0 Å². The normalized spacial score (nSPS) is 10.8. The Morgan fingerprint density at radius 1 is 1.31 bits per heavy atom. The van der Waals surface area contributed by atoms with Gasteiger partial charge >= 0.3 is 0 Å². The van der Waals surface area contributed by atoms with Crippen LogP contribution in [0.4, 0.5) is 0 Å². The first-order chi connectivity index (χ1) is 7.65. The standard InChI is InChI=1S/C12H17BrO3/c1-9(2)15-6-7-16-12-10(8-14)4-3-5-11(12)13/h3-5,9,14H,6-8H2,1-2H3. The van der Waals surface area contributed by atoms with Crippen molar-refractivity contribution in [2.45, 2.75) is 26.6 Å². The Hall–Kier alpha value is -0.580. The van der Waals surface area contributed by atoms with E-state index >= 15 is 0 Å². The molecule has 3 nitrogen and oxygen atoms in total. The Kier molecular flexibility index (Phi) is 5.80. The summed E-state index contributed by atoms with van der Waals surface area (Å²) < 4.78 is 11.8. The van der Waals surface area contributed by atoms with Crippen molar-refractivity contribution in [3.05, 3.63) is 28.2 Å². The van der Waals surface area contributed by atoms with Crippen LogP contribution < -0.4 is 4.74 Å². The Morgan fingerprint density at radius 2 is 2.06 bits per heavy atom. The molecule has 1 aromatic rings. The summed E-state index contributed by atoms with van der Waals surface area (Å²) in [6.07, 6.45) is 0.208. The minimum absolute atomic E-state index is 0.0280. The van der Waals surface area contributed by atoms with Crippen molar-refractivity contribution in [1.29, 1.82) is 0 Å². The van der Waals surface area contributed by atoms with Gasteiger partial charge in [0, 0.05) is 5.56 Å². The fourth-order valence-electron chi connectivity index (χ4n) is 1.27. The first kappa shape index (κ1) is 13.5. The maximum Gasteiger partial charge on any atom is 0.139 e. The average molecular weight is 289 g/mol. The fraction of sp³-hybridized carbons (Fsp3) is 0.500. The minimum Gasteiger partial charge on any atom is -0.490 e. The van der Waals surface area contributed by atoms with Crippen LogP contribution in [0.1, 0.15) is 19.4 Å². The third kappa shape index (κ3) is 4.12. The molecule has 1 N–H and O–H groups in total. The van der Waals surface area contributed by atoms with Crippen molar-refractivity contribution in [1.82, 2.24) is 0 Å². The second-order valence-corrected chi connectivity index (χ2v) is 4.51. The van der Waals surface area contributed by atoms with Gasteiger partial charge in [-0.1, -0.05) is 12.1 Å². The highest BCUT2D eigenvalue weighted by Crippen LogP contribution is 2.28. The fourth-order valence-corrected chi connectivity index (χ4v) is 1.79. The highest BCUT2D eigenvalue weighted by Gasteiger charge is 2.06. The maximum absolute atomic E-state index is 9.16. The van der Waals surface area contributed by atoms with Gasteiger partial charge in [0.25, 0.3) is 0 Å². The van der Waals surface area contributed by atoms with Gasteiger partial charge in [0.2, 0.25) is 0 Å². The van der Waals surface area contributed by atoms with E-state index in [1.165, 1.54) is 0 Å². The molecule has 0 fully saturated rings. The number of hydrogen-bond acceptors (Lipinski definition) is 3. The predicted octanol–water partition coefficient (Wildman–Crippen LogP) is 2.75. The van der Waals surface area contributed by atoms with Gasteiger partial charge in [0.15, 0.2) is 0 Å². The summed E-state index contributed by atoms with van der Waals surface area (Å²) in [5.41, 5.74) is 0.777. The highest BCUT2D eigenvalue weighted by molar-refractivity contribution is 9.10. The molecule has 1 rings (SSSR count). The summed E-state index contributed by atoms with van der Waals surface area (Å²) in [6.45, 7) is 4.96. The van der Waals surface area contributed by atoms with Crippen LogP contribution in [0.15, 0.2) is 22.7 Å². The SMILES string of the molecule is CC(C)OCCOc1c(Br)cccc1CO. The quantitative estimate of drug-likeness (QED) is 0.818.